The van der Waals surface area contributed by atoms with Gasteiger partial charge in [0.25, 0.3) is 0 Å². The Morgan fingerprint density at radius 2 is 2.06 bits per heavy atom. The maximum Gasteiger partial charge on any atom is 0.488 e. The minimum Gasteiger partial charge on any atom is -0.491 e. The van der Waals surface area contributed by atoms with Crippen molar-refractivity contribution in [2.75, 3.05) is 13.2 Å². The zero-order valence-electron chi connectivity index (χ0n) is 9.71. The van der Waals surface area contributed by atoms with Gasteiger partial charge in [-0.25, -0.2) is 0 Å². The molecule has 1 aliphatic rings. The number of benzene rings is 1. The van der Waals surface area contributed by atoms with Crippen LogP contribution in [0.15, 0.2) is 24.3 Å². The Hall–Kier alpha value is -1.04. The Balaban J connectivity index is 1.72. The summed E-state index contributed by atoms with van der Waals surface area (Å²) in [5, 5.41) is 18.0. The summed E-state index contributed by atoms with van der Waals surface area (Å²) in [6, 6.07) is 6.78. The van der Waals surface area contributed by atoms with Gasteiger partial charge >= 0.3 is 7.12 Å². The highest BCUT2D eigenvalue weighted by Crippen LogP contribution is 2.21. The normalized spacial score (nSPS) is 15.4. The smallest absolute Gasteiger partial charge is 0.488 e. The zero-order chi connectivity index (χ0) is 12.1. The first-order chi connectivity index (χ1) is 8.25. The van der Waals surface area contributed by atoms with Crippen LogP contribution >= 0.6 is 0 Å². The summed E-state index contributed by atoms with van der Waals surface area (Å²) in [4.78, 5) is 0. The van der Waals surface area contributed by atoms with Crippen LogP contribution in [0.1, 0.15) is 19.3 Å². The van der Waals surface area contributed by atoms with E-state index in [2.05, 4.69) is 0 Å². The van der Waals surface area contributed by atoms with Crippen molar-refractivity contribution in [3.05, 3.63) is 24.3 Å². The van der Waals surface area contributed by atoms with E-state index in [1.54, 1.807) is 24.3 Å². The van der Waals surface area contributed by atoms with Gasteiger partial charge in [-0.1, -0.05) is 12.1 Å². The molecule has 0 unspecified atom stereocenters. The lowest BCUT2D eigenvalue weighted by molar-refractivity contribution is -0.0103. The van der Waals surface area contributed by atoms with Crippen molar-refractivity contribution in [1.29, 1.82) is 0 Å². The molecule has 0 spiro atoms. The van der Waals surface area contributed by atoms with Crippen molar-refractivity contribution in [2.24, 2.45) is 0 Å². The second-order valence-corrected chi connectivity index (χ2v) is 4.22. The van der Waals surface area contributed by atoms with Gasteiger partial charge in [0.05, 0.1) is 12.7 Å². The van der Waals surface area contributed by atoms with Crippen molar-refractivity contribution in [1.82, 2.24) is 0 Å². The molecule has 5 heteroatoms. The van der Waals surface area contributed by atoms with E-state index < -0.39 is 7.12 Å². The van der Waals surface area contributed by atoms with E-state index in [0.29, 0.717) is 30.5 Å². The highest BCUT2D eigenvalue weighted by Gasteiger charge is 2.17. The lowest BCUT2D eigenvalue weighted by Crippen LogP contribution is -2.29. The highest BCUT2D eigenvalue weighted by atomic mass is 16.5. The Bertz CT molecular complexity index is 352. The van der Waals surface area contributed by atoms with Gasteiger partial charge in [0.15, 0.2) is 0 Å². The van der Waals surface area contributed by atoms with Crippen molar-refractivity contribution in [3.63, 3.8) is 0 Å². The summed E-state index contributed by atoms with van der Waals surface area (Å²) >= 11 is 0. The molecule has 0 bridgehead atoms. The molecule has 1 saturated carbocycles. The maximum absolute atomic E-state index is 9.01. The van der Waals surface area contributed by atoms with Gasteiger partial charge in [0.2, 0.25) is 0 Å². The second-order valence-electron chi connectivity index (χ2n) is 4.22. The fourth-order valence-electron chi connectivity index (χ4n) is 1.68. The number of ether oxygens (including phenoxy) is 2. The summed E-state index contributed by atoms with van der Waals surface area (Å²) in [6.45, 7) is 1.07. The van der Waals surface area contributed by atoms with E-state index in [9.17, 15) is 0 Å². The minimum atomic E-state index is -1.45. The average Bonchev–Trinajstić information content (AvgIpc) is 2.27. The van der Waals surface area contributed by atoms with E-state index in [0.717, 1.165) is 12.8 Å². The molecule has 2 N–H and O–H groups in total. The highest BCUT2D eigenvalue weighted by molar-refractivity contribution is 6.58. The maximum atomic E-state index is 9.01. The first kappa shape index (κ1) is 12.4. The summed E-state index contributed by atoms with van der Waals surface area (Å²) in [7, 11) is -1.45. The van der Waals surface area contributed by atoms with Crippen LogP contribution in [0.3, 0.4) is 0 Å². The summed E-state index contributed by atoms with van der Waals surface area (Å²) in [6.07, 6.45) is 4.00. The third-order valence-corrected chi connectivity index (χ3v) is 2.91. The van der Waals surface area contributed by atoms with Crippen LogP contribution in [-0.2, 0) is 4.74 Å². The molecule has 92 valence electrons. The summed E-state index contributed by atoms with van der Waals surface area (Å²) in [5.74, 6) is 0.632. The van der Waals surface area contributed by atoms with Crippen molar-refractivity contribution in [3.8, 4) is 5.75 Å². The molecule has 2 rings (SSSR count). The molecule has 0 heterocycles. The van der Waals surface area contributed by atoms with E-state index >= 15 is 0 Å². The molecule has 1 fully saturated rings. The molecular formula is C12H17BO4. The molecule has 0 atom stereocenters. The predicted octanol–water partition coefficient (Wildman–Crippen LogP) is 0.314. The van der Waals surface area contributed by atoms with Gasteiger partial charge in [-0.05, 0) is 36.9 Å². The SMILES string of the molecule is OB(O)c1cccc(OCCOC2CCC2)c1. The van der Waals surface area contributed by atoms with E-state index in [-0.39, 0.29) is 0 Å². The fourth-order valence-corrected chi connectivity index (χ4v) is 1.68. The van der Waals surface area contributed by atoms with Gasteiger partial charge in [0, 0.05) is 0 Å². The summed E-state index contributed by atoms with van der Waals surface area (Å²) in [5.41, 5.74) is 0.433. The van der Waals surface area contributed by atoms with Crippen molar-refractivity contribution in [2.45, 2.75) is 25.4 Å². The molecule has 0 saturated heterocycles. The molecule has 4 nitrogen and oxygen atoms in total. The molecular weight excluding hydrogens is 219 g/mol. The predicted molar refractivity (Wildman–Crippen MR) is 65.4 cm³/mol. The van der Waals surface area contributed by atoms with Gasteiger partial charge in [0.1, 0.15) is 12.4 Å². The molecule has 0 aliphatic heterocycles. The van der Waals surface area contributed by atoms with Crippen LogP contribution in [0.4, 0.5) is 0 Å². The van der Waals surface area contributed by atoms with Crippen LogP contribution < -0.4 is 10.2 Å². The third-order valence-electron chi connectivity index (χ3n) is 2.91. The largest absolute Gasteiger partial charge is 0.491 e. The second kappa shape index (κ2) is 6.05. The fraction of sp³-hybridized carbons (Fsp3) is 0.500. The first-order valence-corrected chi connectivity index (χ1v) is 5.96. The van der Waals surface area contributed by atoms with Gasteiger partial charge in [-0.15, -0.1) is 0 Å². The van der Waals surface area contributed by atoms with E-state index in [1.807, 2.05) is 0 Å². The van der Waals surface area contributed by atoms with Crippen LogP contribution in [0.5, 0.6) is 5.75 Å². The van der Waals surface area contributed by atoms with Crippen molar-refractivity contribution >= 4 is 12.6 Å². The van der Waals surface area contributed by atoms with Crippen LogP contribution in [0.2, 0.25) is 0 Å². The molecule has 0 aromatic heterocycles. The number of hydrogen-bond acceptors (Lipinski definition) is 4. The van der Waals surface area contributed by atoms with Crippen LogP contribution in [0.25, 0.3) is 0 Å². The monoisotopic (exact) mass is 236 g/mol. The zero-order valence-corrected chi connectivity index (χ0v) is 9.71. The van der Waals surface area contributed by atoms with Gasteiger partial charge in [-0.3, -0.25) is 0 Å². The Kier molecular flexibility index (Phi) is 4.42. The molecule has 17 heavy (non-hydrogen) atoms. The molecule has 1 aliphatic carbocycles. The number of hydrogen-bond donors (Lipinski definition) is 2. The summed E-state index contributed by atoms with van der Waals surface area (Å²) < 4.78 is 11.0. The molecule has 1 aromatic carbocycles. The Morgan fingerprint density at radius 1 is 1.24 bits per heavy atom. The van der Waals surface area contributed by atoms with Crippen LogP contribution in [0, 0.1) is 0 Å². The van der Waals surface area contributed by atoms with Crippen LogP contribution in [-0.4, -0.2) is 36.5 Å². The van der Waals surface area contributed by atoms with Gasteiger partial charge < -0.3 is 19.5 Å². The third kappa shape index (κ3) is 3.73. The Labute approximate surface area is 101 Å². The first-order valence-electron chi connectivity index (χ1n) is 5.96. The standard InChI is InChI=1S/C12H17BO4/c14-13(15)10-3-1-6-12(9-10)17-8-7-16-11-4-2-5-11/h1,3,6,9,11,14-15H,2,4-5,7-8H2. The lowest BCUT2D eigenvalue weighted by Gasteiger charge is -2.25. The molecule has 1 aromatic rings. The molecule has 0 radical (unpaired) electrons. The quantitative estimate of drug-likeness (QED) is 0.551. The van der Waals surface area contributed by atoms with Crippen molar-refractivity contribution < 1.29 is 19.5 Å². The topological polar surface area (TPSA) is 58.9 Å². The molecule has 0 amide bonds. The van der Waals surface area contributed by atoms with E-state index in [4.69, 9.17) is 19.5 Å². The average molecular weight is 236 g/mol. The Morgan fingerprint density at radius 3 is 2.71 bits per heavy atom. The minimum absolute atomic E-state index is 0.421. The lowest BCUT2D eigenvalue weighted by atomic mass is 9.80. The van der Waals surface area contributed by atoms with E-state index in [1.165, 1.54) is 6.42 Å². The number of rotatable bonds is 6. The van der Waals surface area contributed by atoms with Gasteiger partial charge in [-0.2, -0.15) is 0 Å².